The van der Waals surface area contributed by atoms with Crippen LogP contribution in [0, 0.1) is 0 Å². The van der Waals surface area contributed by atoms with Gasteiger partial charge in [-0.3, -0.25) is 4.79 Å². The number of ether oxygens (including phenoxy) is 2. The first kappa shape index (κ1) is 38.9. The molecule has 9 atom stereocenters. The number of carbonyl (C=O) groups excluding carboxylic acids is 1. The zero-order valence-electron chi connectivity index (χ0n) is 25.7. The fourth-order valence-corrected chi connectivity index (χ4v) is 4.96. The third kappa shape index (κ3) is 15.0. The molecule has 1 heterocycles. The highest BCUT2D eigenvalue weighted by Crippen LogP contribution is 2.23. The van der Waals surface area contributed by atoms with E-state index < -0.39 is 74.2 Å². The van der Waals surface area contributed by atoms with E-state index >= 15 is 0 Å². The van der Waals surface area contributed by atoms with Crippen molar-refractivity contribution in [3.05, 3.63) is 12.2 Å². The molecule has 9 unspecified atom stereocenters. The normalized spacial score (nSPS) is 25.8. The van der Waals surface area contributed by atoms with Crippen LogP contribution in [-0.4, -0.2) is 110 Å². The Hall–Kier alpha value is -1.15. The average Bonchev–Trinajstić information content (AvgIpc) is 2.98. The van der Waals surface area contributed by atoms with E-state index in [1.165, 1.54) is 38.5 Å². The second kappa shape index (κ2) is 23.3. The molecule has 1 fully saturated rings. The van der Waals surface area contributed by atoms with Gasteiger partial charge in [0, 0.05) is 0 Å². The summed E-state index contributed by atoms with van der Waals surface area (Å²) >= 11 is 0. The van der Waals surface area contributed by atoms with E-state index in [1.807, 2.05) is 6.92 Å². The lowest BCUT2D eigenvalue weighted by molar-refractivity contribution is -0.303. The van der Waals surface area contributed by atoms with Crippen LogP contribution in [0.1, 0.15) is 110 Å². The Morgan fingerprint density at radius 3 is 2.02 bits per heavy atom. The number of nitrogens with one attached hydrogen (secondary N) is 1. The van der Waals surface area contributed by atoms with E-state index in [2.05, 4.69) is 24.4 Å². The van der Waals surface area contributed by atoms with E-state index in [4.69, 9.17) is 9.47 Å². The molecule has 0 aromatic carbocycles. The fraction of sp³-hybridized carbons (Fsp3) is 0.903. The quantitative estimate of drug-likeness (QED) is 0.0595. The Labute approximate surface area is 251 Å². The number of allylic oxidation sites excluding steroid dienone is 2. The van der Waals surface area contributed by atoms with Crippen molar-refractivity contribution in [2.45, 2.75) is 165 Å². The van der Waals surface area contributed by atoms with Crippen LogP contribution in [0.25, 0.3) is 0 Å². The van der Waals surface area contributed by atoms with Crippen molar-refractivity contribution >= 4 is 5.91 Å². The summed E-state index contributed by atoms with van der Waals surface area (Å²) < 4.78 is 10.9. The van der Waals surface area contributed by atoms with Crippen LogP contribution in [0.5, 0.6) is 0 Å². The van der Waals surface area contributed by atoms with E-state index in [-0.39, 0.29) is 12.8 Å². The minimum Gasteiger partial charge on any atom is -0.394 e. The van der Waals surface area contributed by atoms with Gasteiger partial charge in [0.2, 0.25) is 5.91 Å². The zero-order valence-corrected chi connectivity index (χ0v) is 25.7. The fourth-order valence-electron chi connectivity index (χ4n) is 4.96. The Morgan fingerprint density at radius 2 is 1.38 bits per heavy atom. The Morgan fingerprint density at radius 1 is 0.810 bits per heavy atom. The number of rotatable bonds is 24. The summed E-state index contributed by atoms with van der Waals surface area (Å²) in [5.41, 5.74) is 0. The van der Waals surface area contributed by atoms with Crippen LogP contribution in [-0.2, 0) is 14.3 Å². The third-order valence-corrected chi connectivity index (χ3v) is 7.82. The number of aliphatic hydroxyl groups excluding tert-OH is 7. The van der Waals surface area contributed by atoms with Crippen LogP contribution in [0.2, 0.25) is 0 Å². The molecule has 42 heavy (non-hydrogen) atoms. The Bertz CT molecular complexity index is 709. The first-order chi connectivity index (χ1) is 20.2. The number of aliphatic hydroxyl groups is 7. The van der Waals surface area contributed by atoms with Gasteiger partial charge in [-0.1, -0.05) is 83.8 Å². The molecule has 11 heteroatoms. The number of unbranched alkanes of at least 4 members (excludes halogenated alkanes) is 10. The molecule has 1 saturated heterocycles. The minimum absolute atomic E-state index is 0.229. The van der Waals surface area contributed by atoms with E-state index in [0.717, 1.165) is 32.1 Å². The lowest BCUT2D eigenvalue weighted by Crippen LogP contribution is -2.60. The molecule has 0 aliphatic carbocycles. The Kier molecular flexibility index (Phi) is 21.5. The highest BCUT2D eigenvalue weighted by molar-refractivity contribution is 5.80. The van der Waals surface area contributed by atoms with Gasteiger partial charge in [-0.15, -0.1) is 0 Å². The monoisotopic (exact) mass is 605 g/mol. The summed E-state index contributed by atoms with van der Waals surface area (Å²) in [5, 5.41) is 74.0. The Balaban J connectivity index is 2.58. The van der Waals surface area contributed by atoms with Crippen LogP contribution in [0.4, 0.5) is 0 Å². The maximum absolute atomic E-state index is 12.8. The lowest BCUT2D eigenvalue weighted by Gasteiger charge is -2.40. The molecule has 1 aliphatic heterocycles. The van der Waals surface area contributed by atoms with Crippen LogP contribution in [0.3, 0.4) is 0 Å². The van der Waals surface area contributed by atoms with Crippen molar-refractivity contribution in [1.29, 1.82) is 0 Å². The zero-order chi connectivity index (χ0) is 31.3. The molecule has 0 aromatic rings. The largest absolute Gasteiger partial charge is 0.394 e. The standard InChI is InChI=1S/C31H59NO10/c1-3-5-7-8-9-10-11-12-13-14-15-17-19-24(35)30(40)32-22(26(36)23(34)18-16-6-4-2)21-41-31-29(39)28(38)27(37)25(20-33)42-31/h12-13,22-29,31,33-39H,3-11,14-21H2,1-2H3,(H,32,40)/b13-12-. The maximum atomic E-state index is 12.8. The summed E-state index contributed by atoms with van der Waals surface area (Å²) in [5.74, 6) is -0.726. The molecule has 1 rings (SSSR count). The van der Waals surface area contributed by atoms with E-state index in [9.17, 15) is 40.5 Å². The topological polar surface area (TPSA) is 189 Å². The molecular formula is C31H59NO10. The molecule has 8 N–H and O–H groups in total. The van der Waals surface area contributed by atoms with Crippen LogP contribution >= 0.6 is 0 Å². The molecule has 0 aromatic heterocycles. The van der Waals surface area contributed by atoms with Gasteiger partial charge in [-0.2, -0.15) is 0 Å². The smallest absolute Gasteiger partial charge is 0.249 e. The summed E-state index contributed by atoms with van der Waals surface area (Å²) in [6.07, 6.45) is 6.81. The third-order valence-electron chi connectivity index (χ3n) is 7.82. The van der Waals surface area contributed by atoms with Crippen molar-refractivity contribution in [2.75, 3.05) is 13.2 Å². The highest BCUT2D eigenvalue weighted by atomic mass is 16.7. The van der Waals surface area contributed by atoms with Gasteiger partial charge in [-0.25, -0.2) is 0 Å². The SMILES string of the molecule is CCCCCCCC/C=C\CCCCC(O)C(=O)NC(COC1OC(CO)C(O)C(O)C1O)C(O)C(O)CCCCC. The van der Waals surface area contributed by atoms with Crippen molar-refractivity contribution in [2.24, 2.45) is 0 Å². The summed E-state index contributed by atoms with van der Waals surface area (Å²) in [4.78, 5) is 12.8. The number of hydrogen-bond donors (Lipinski definition) is 8. The number of amides is 1. The van der Waals surface area contributed by atoms with Crippen LogP contribution < -0.4 is 5.32 Å². The molecule has 0 bridgehead atoms. The van der Waals surface area contributed by atoms with Gasteiger partial charge in [-0.05, 0) is 38.5 Å². The maximum Gasteiger partial charge on any atom is 0.249 e. The molecule has 0 radical (unpaired) electrons. The molecule has 11 nitrogen and oxygen atoms in total. The van der Waals surface area contributed by atoms with Crippen molar-refractivity contribution < 1.29 is 50.0 Å². The van der Waals surface area contributed by atoms with Gasteiger partial charge in [0.25, 0.3) is 0 Å². The summed E-state index contributed by atoms with van der Waals surface area (Å²) in [6, 6.07) is -1.17. The highest BCUT2D eigenvalue weighted by Gasteiger charge is 2.44. The molecule has 0 saturated carbocycles. The van der Waals surface area contributed by atoms with Gasteiger partial charge in [0.1, 0.15) is 36.6 Å². The molecule has 0 spiro atoms. The molecule has 248 valence electrons. The summed E-state index contributed by atoms with van der Waals surface area (Å²) in [7, 11) is 0. The predicted octanol–water partition coefficient (Wildman–Crippen LogP) is 1.82. The second-order valence-electron chi connectivity index (χ2n) is 11.5. The summed E-state index contributed by atoms with van der Waals surface area (Å²) in [6.45, 7) is 3.15. The van der Waals surface area contributed by atoms with E-state index in [1.54, 1.807) is 0 Å². The first-order valence-corrected chi connectivity index (χ1v) is 16.1. The average molecular weight is 606 g/mol. The minimum atomic E-state index is -1.66. The van der Waals surface area contributed by atoms with Gasteiger partial charge in [0.15, 0.2) is 6.29 Å². The van der Waals surface area contributed by atoms with Gasteiger partial charge >= 0.3 is 0 Å². The predicted molar refractivity (Wildman–Crippen MR) is 159 cm³/mol. The second-order valence-corrected chi connectivity index (χ2v) is 11.5. The van der Waals surface area contributed by atoms with Crippen molar-refractivity contribution in [1.82, 2.24) is 5.32 Å². The van der Waals surface area contributed by atoms with Crippen molar-refractivity contribution in [3.63, 3.8) is 0 Å². The number of carbonyl (C=O) groups is 1. The van der Waals surface area contributed by atoms with Gasteiger partial charge < -0.3 is 50.5 Å². The van der Waals surface area contributed by atoms with Gasteiger partial charge in [0.05, 0.1) is 25.4 Å². The molecule has 1 aliphatic rings. The molecule has 1 amide bonds. The lowest BCUT2D eigenvalue weighted by atomic mass is 9.98. The molecular weight excluding hydrogens is 546 g/mol. The first-order valence-electron chi connectivity index (χ1n) is 16.1. The van der Waals surface area contributed by atoms with Crippen molar-refractivity contribution in [3.8, 4) is 0 Å². The number of hydrogen-bond acceptors (Lipinski definition) is 10. The van der Waals surface area contributed by atoms with Crippen LogP contribution in [0.15, 0.2) is 12.2 Å². The van der Waals surface area contributed by atoms with E-state index in [0.29, 0.717) is 12.8 Å².